The monoisotopic (exact) mass is 302 g/mol. The predicted molar refractivity (Wildman–Crippen MR) is 94.1 cm³/mol. The Morgan fingerprint density at radius 2 is 1.43 bits per heavy atom. The minimum absolute atomic E-state index is 0.860. The number of hydrogen-bond acceptors (Lipinski definition) is 3. The van der Waals surface area contributed by atoms with Crippen LogP contribution in [0.4, 0.5) is 0 Å². The van der Waals surface area contributed by atoms with Crippen molar-refractivity contribution in [3.63, 3.8) is 0 Å². The van der Waals surface area contributed by atoms with Crippen molar-refractivity contribution in [2.45, 2.75) is 6.92 Å². The van der Waals surface area contributed by atoms with Crippen LogP contribution >= 0.6 is 0 Å². The maximum Gasteiger partial charge on any atom is 0.118 e. The van der Waals surface area contributed by atoms with Crippen LogP contribution in [-0.4, -0.2) is 17.1 Å². The molecule has 0 aliphatic heterocycles. The van der Waals surface area contributed by atoms with Gasteiger partial charge >= 0.3 is 0 Å². The standard InChI is InChI=1S/C20H18N2O/c1-15-9-11-21-19(13-15)20-14-17(10-12-22-20)4-3-16-5-7-18(23-2)8-6-16/h3-14H,1-2H3/b4-3+. The predicted octanol–water partition coefficient (Wildman–Crippen LogP) is 4.63. The maximum atomic E-state index is 5.17. The normalized spacial score (nSPS) is 10.9. The van der Waals surface area contributed by atoms with E-state index in [1.54, 1.807) is 7.11 Å². The number of aromatic nitrogens is 2. The molecule has 1 aromatic carbocycles. The number of methoxy groups -OCH3 is 1. The number of nitrogens with zero attached hydrogens (tertiary/aromatic N) is 2. The largest absolute Gasteiger partial charge is 0.497 e. The molecule has 3 aromatic rings. The van der Waals surface area contributed by atoms with Crippen LogP contribution in [0.15, 0.2) is 60.9 Å². The van der Waals surface area contributed by atoms with Crippen LogP contribution in [0.1, 0.15) is 16.7 Å². The number of hydrogen-bond donors (Lipinski definition) is 0. The first-order chi connectivity index (χ1) is 11.2. The fourth-order valence-corrected chi connectivity index (χ4v) is 2.27. The first-order valence-corrected chi connectivity index (χ1v) is 7.46. The molecule has 0 N–H and O–H groups in total. The van der Waals surface area contributed by atoms with Crippen LogP contribution < -0.4 is 4.74 Å². The molecule has 114 valence electrons. The maximum absolute atomic E-state index is 5.17. The Hall–Kier alpha value is -2.94. The van der Waals surface area contributed by atoms with Crippen LogP contribution in [0.25, 0.3) is 23.5 Å². The van der Waals surface area contributed by atoms with Crippen molar-refractivity contribution in [3.05, 3.63) is 77.6 Å². The van der Waals surface area contributed by atoms with E-state index in [4.69, 9.17) is 4.74 Å². The molecule has 3 heteroatoms. The summed E-state index contributed by atoms with van der Waals surface area (Å²) in [6.45, 7) is 2.05. The fraction of sp³-hybridized carbons (Fsp3) is 0.100. The van der Waals surface area contributed by atoms with E-state index in [9.17, 15) is 0 Å². The molecule has 0 spiro atoms. The highest BCUT2D eigenvalue weighted by Crippen LogP contribution is 2.18. The number of aryl methyl sites for hydroxylation is 1. The average molecular weight is 302 g/mol. The zero-order chi connectivity index (χ0) is 16.1. The Kier molecular flexibility index (Phi) is 4.48. The van der Waals surface area contributed by atoms with Gasteiger partial charge in [-0.15, -0.1) is 0 Å². The first kappa shape index (κ1) is 15.0. The van der Waals surface area contributed by atoms with E-state index in [-0.39, 0.29) is 0 Å². The smallest absolute Gasteiger partial charge is 0.118 e. The lowest BCUT2D eigenvalue weighted by molar-refractivity contribution is 0.415. The van der Waals surface area contributed by atoms with Gasteiger partial charge in [0.05, 0.1) is 18.5 Å². The lowest BCUT2D eigenvalue weighted by Crippen LogP contribution is -1.88. The highest BCUT2D eigenvalue weighted by Gasteiger charge is 2.01. The summed E-state index contributed by atoms with van der Waals surface area (Å²) in [5.74, 6) is 0.860. The van der Waals surface area contributed by atoms with Gasteiger partial charge in [-0.25, -0.2) is 0 Å². The van der Waals surface area contributed by atoms with Gasteiger partial charge in [0.2, 0.25) is 0 Å². The van der Waals surface area contributed by atoms with Crippen molar-refractivity contribution in [2.24, 2.45) is 0 Å². The van der Waals surface area contributed by atoms with E-state index < -0.39 is 0 Å². The summed E-state index contributed by atoms with van der Waals surface area (Å²) < 4.78 is 5.17. The summed E-state index contributed by atoms with van der Waals surface area (Å²) in [4.78, 5) is 8.80. The van der Waals surface area contributed by atoms with Gasteiger partial charge in [0.25, 0.3) is 0 Å². The lowest BCUT2D eigenvalue weighted by atomic mass is 10.1. The molecule has 0 amide bonds. The summed E-state index contributed by atoms with van der Waals surface area (Å²) in [7, 11) is 1.67. The van der Waals surface area contributed by atoms with E-state index >= 15 is 0 Å². The van der Waals surface area contributed by atoms with Crippen molar-refractivity contribution in [2.75, 3.05) is 7.11 Å². The molecule has 2 heterocycles. The summed E-state index contributed by atoms with van der Waals surface area (Å²) in [6, 6.07) is 16.0. The molecular formula is C20H18N2O. The zero-order valence-corrected chi connectivity index (χ0v) is 13.2. The summed E-state index contributed by atoms with van der Waals surface area (Å²) in [5, 5.41) is 0. The van der Waals surface area contributed by atoms with Gasteiger partial charge < -0.3 is 4.74 Å². The van der Waals surface area contributed by atoms with Crippen LogP contribution in [0.3, 0.4) is 0 Å². The molecule has 0 atom stereocenters. The van der Waals surface area contributed by atoms with Gasteiger partial charge in [-0.05, 0) is 60.0 Å². The summed E-state index contributed by atoms with van der Waals surface area (Å²) in [5.41, 5.74) is 5.17. The third-order valence-electron chi connectivity index (χ3n) is 3.55. The molecular weight excluding hydrogens is 284 g/mol. The van der Waals surface area contributed by atoms with Gasteiger partial charge in [0.15, 0.2) is 0 Å². The van der Waals surface area contributed by atoms with Gasteiger partial charge in [-0.1, -0.05) is 24.3 Å². The Balaban J connectivity index is 1.83. The van der Waals surface area contributed by atoms with E-state index in [1.807, 2.05) is 60.9 Å². The Morgan fingerprint density at radius 3 is 2.13 bits per heavy atom. The SMILES string of the molecule is COc1ccc(/C=C/c2ccnc(-c3cc(C)ccn3)c2)cc1. The second-order valence-electron chi connectivity index (χ2n) is 5.30. The highest BCUT2D eigenvalue weighted by atomic mass is 16.5. The zero-order valence-electron chi connectivity index (χ0n) is 13.2. The van der Waals surface area contributed by atoms with Crippen LogP contribution in [0, 0.1) is 6.92 Å². The quantitative estimate of drug-likeness (QED) is 0.704. The van der Waals surface area contributed by atoms with Crippen molar-refractivity contribution in [1.29, 1.82) is 0 Å². The molecule has 3 nitrogen and oxygen atoms in total. The van der Waals surface area contributed by atoms with E-state index in [0.29, 0.717) is 0 Å². The highest BCUT2D eigenvalue weighted by molar-refractivity contribution is 5.71. The minimum Gasteiger partial charge on any atom is -0.497 e. The molecule has 0 saturated carbocycles. The number of ether oxygens (including phenoxy) is 1. The topological polar surface area (TPSA) is 35.0 Å². The van der Waals surface area contributed by atoms with Gasteiger partial charge in [0.1, 0.15) is 5.75 Å². The molecule has 0 unspecified atom stereocenters. The summed E-state index contributed by atoms with van der Waals surface area (Å²) >= 11 is 0. The van der Waals surface area contributed by atoms with Crippen LogP contribution in [-0.2, 0) is 0 Å². The number of benzene rings is 1. The summed E-state index contributed by atoms with van der Waals surface area (Å²) in [6.07, 6.45) is 7.77. The van der Waals surface area contributed by atoms with Crippen LogP contribution in [0.2, 0.25) is 0 Å². The van der Waals surface area contributed by atoms with Gasteiger partial charge in [0, 0.05) is 12.4 Å². The molecule has 0 radical (unpaired) electrons. The van der Waals surface area contributed by atoms with Gasteiger partial charge in [-0.2, -0.15) is 0 Å². The average Bonchev–Trinajstić information content (AvgIpc) is 2.61. The van der Waals surface area contributed by atoms with Crippen LogP contribution in [0.5, 0.6) is 5.75 Å². The van der Waals surface area contributed by atoms with E-state index in [2.05, 4.69) is 29.0 Å². The number of pyridine rings is 2. The lowest BCUT2D eigenvalue weighted by Gasteiger charge is -2.02. The molecule has 2 aromatic heterocycles. The van der Waals surface area contributed by atoms with Gasteiger partial charge in [-0.3, -0.25) is 9.97 Å². The first-order valence-electron chi connectivity index (χ1n) is 7.46. The molecule has 23 heavy (non-hydrogen) atoms. The Morgan fingerprint density at radius 1 is 0.783 bits per heavy atom. The van der Waals surface area contributed by atoms with Crippen molar-refractivity contribution in [3.8, 4) is 17.1 Å². The third kappa shape index (κ3) is 3.83. The number of rotatable bonds is 4. The molecule has 3 rings (SSSR count). The molecule has 0 saturated heterocycles. The fourth-order valence-electron chi connectivity index (χ4n) is 2.27. The molecule has 0 bridgehead atoms. The van der Waals surface area contributed by atoms with E-state index in [0.717, 1.165) is 28.3 Å². The van der Waals surface area contributed by atoms with Crippen molar-refractivity contribution in [1.82, 2.24) is 9.97 Å². The second kappa shape index (κ2) is 6.88. The second-order valence-corrected chi connectivity index (χ2v) is 5.30. The molecule has 0 fully saturated rings. The van der Waals surface area contributed by atoms with E-state index in [1.165, 1.54) is 5.56 Å². The Bertz CT molecular complexity index is 823. The molecule has 0 aliphatic rings. The molecule has 0 aliphatic carbocycles. The minimum atomic E-state index is 0.860. The van der Waals surface area contributed by atoms with Crippen molar-refractivity contribution < 1.29 is 4.74 Å². The van der Waals surface area contributed by atoms with Crippen molar-refractivity contribution >= 4 is 12.2 Å². The third-order valence-corrected chi connectivity index (χ3v) is 3.55. The Labute approximate surface area is 136 Å².